The molecule has 0 saturated heterocycles. The zero-order chi connectivity index (χ0) is 8.85. The Hall–Kier alpha value is -1.50. The maximum absolute atomic E-state index is 10.8. The van der Waals surface area contributed by atoms with Gasteiger partial charge in [-0.25, -0.2) is 4.79 Å². The first-order valence-corrected chi connectivity index (χ1v) is 2.99. The van der Waals surface area contributed by atoms with Gasteiger partial charge in [-0.05, 0) is 4.85 Å². The smallest absolute Gasteiger partial charge is 0.439 e. The van der Waals surface area contributed by atoms with Crippen LogP contribution < -0.4 is 0 Å². The Morgan fingerprint density at radius 1 is 1.64 bits per heavy atom. The van der Waals surface area contributed by atoms with Crippen LogP contribution in [0.4, 0.5) is 0 Å². The molecule has 0 amide bonds. The average Bonchev–Trinajstić information content (AvgIpc) is 1.98. The zero-order valence-electron chi connectivity index (χ0n) is 6.87. The number of carbonyl (C=O) groups is 1. The van der Waals surface area contributed by atoms with Crippen LogP contribution >= 0.6 is 0 Å². The number of methoxy groups -OCH3 is 1. The van der Waals surface area contributed by atoms with E-state index >= 15 is 0 Å². The highest BCUT2D eigenvalue weighted by Crippen LogP contribution is 1.99. The van der Waals surface area contributed by atoms with Crippen LogP contribution in [0.2, 0.25) is 0 Å². The average molecular weight is 155 g/mol. The molecule has 0 aliphatic heterocycles. The minimum Gasteiger partial charge on any atom is -0.460 e. The molecule has 0 heterocycles. The maximum Gasteiger partial charge on any atom is 0.439 e. The topological polar surface area (TPSA) is 33.9 Å². The monoisotopic (exact) mass is 155 g/mol. The molecule has 60 valence electrons. The molecule has 0 rings (SSSR count). The minimum atomic E-state index is -0.541. The van der Waals surface area contributed by atoms with E-state index in [1.54, 1.807) is 19.0 Å². The molecule has 4 nitrogen and oxygen atoms in total. The van der Waals surface area contributed by atoms with Gasteiger partial charge in [-0.3, -0.25) is 0 Å². The number of esters is 1. The van der Waals surface area contributed by atoms with E-state index in [2.05, 4.69) is 9.58 Å². The van der Waals surface area contributed by atoms with Crippen molar-refractivity contribution in [3.8, 4) is 6.57 Å². The van der Waals surface area contributed by atoms with Crippen molar-refractivity contribution in [2.45, 2.75) is 0 Å². The Bertz CT molecular complexity index is 213. The lowest BCUT2D eigenvalue weighted by atomic mass is 10.5. The fraction of sp³-hybridized carbons (Fsp3) is 0.429. The molecule has 0 unspecified atom stereocenters. The van der Waals surface area contributed by atoms with Crippen LogP contribution in [0.1, 0.15) is 0 Å². The van der Waals surface area contributed by atoms with Crippen molar-refractivity contribution in [2.24, 2.45) is 0 Å². The van der Waals surface area contributed by atoms with Crippen molar-refractivity contribution in [1.82, 2.24) is 4.90 Å². The zero-order valence-corrected chi connectivity index (χ0v) is 6.87. The Morgan fingerprint density at radius 3 is 2.45 bits per heavy atom. The van der Waals surface area contributed by atoms with E-state index in [0.717, 1.165) is 0 Å². The first-order valence-electron chi connectivity index (χ1n) is 2.99. The summed E-state index contributed by atoms with van der Waals surface area (Å²) in [6.07, 6.45) is 1.48. The highest BCUT2D eigenvalue weighted by atomic mass is 16.5. The van der Waals surface area contributed by atoms with E-state index < -0.39 is 5.97 Å². The van der Waals surface area contributed by atoms with E-state index in [-0.39, 0.29) is 5.70 Å². The molecule has 0 spiro atoms. The lowest BCUT2D eigenvalue weighted by molar-refractivity contribution is -0.135. The largest absolute Gasteiger partial charge is 0.460 e. The fourth-order valence-electron chi connectivity index (χ4n) is 0.488. The summed E-state index contributed by atoms with van der Waals surface area (Å²) in [6, 6.07) is 0. The van der Waals surface area contributed by atoms with Gasteiger partial charge >= 0.3 is 11.7 Å². The molecule has 0 aromatic rings. The lowest BCUT2D eigenvalue weighted by Crippen LogP contribution is -2.08. The predicted octanol–water partition coefficient (Wildman–Crippen LogP) is 0.525. The van der Waals surface area contributed by atoms with Crippen molar-refractivity contribution in [3.05, 3.63) is 16.7 Å². The second kappa shape index (κ2) is 4.34. The first kappa shape index (κ1) is 9.50. The molecular formula is C7H11N2O2+. The Kier molecular flexibility index (Phi) is 3.75. The summed E-state index contributed by atoms with van der Waals surface area (Å²) in [5, 5.41) is 0. The highest BCUT2D eigenvalue weighted by molar-refractivity contribution is 5.90. The molecule has 0 bridgehead atoms. The van der Waals surface area contributed by atoms with Crippen molar-refractivity contribution in [2.75, 3.05) is 21.2 Å². The quantitative estimate of drug-likeness (QED) is 0.430. The van der Waals surface area contributed by atoms with Gasteiger partial charge in [-0.15, -0.1) is 0 Å². The van der Waals surface area contributed by atoms with E-state index in [9.17, 15) is 4.79 Å². The summed E-state index contributed by atoms with van der Waals surface area (Å²) in [5.41, 5.74) is 0.0949. The molecule has 4 heteroatoms. The molecule has 0 atom stereocenters. The van der Waals surface area contributed by atoms with Crippen LogP contribution in [-0.2, 0) is 9.53 Å². The van der Waals surface area contributed by atoms with Gasteiger partial charge in [0.05, 0.1) is 13.3 Å². The van der Waals surface area contributed by atoms with Gasteiger partial charge in [0.2, 0.25) is 0 Å². The van der Waals surface area contributed by atoms with Crippen LogP contribution in [0.25, 0.3) is 4.85 Å². The van der Waals surface area contributed by atoms with Crippen LogP contribution in [0, 0.1) is 6.57 Å². The van der Waals surface area contributed by atoms with Gasteiger partial charge in [-0.2, -0.15) is 0 Å². The second-order valence-electron chi connectivity index (χ2n) is 2.10. The number of ether oxygens (including phenoxy) is 1. The summed E-state index contributed by atoms with van der Waals surface area (Å²) in [4.78, 5) is 15.7. The van der Waals surface area contributed by atoms with Crippen molar-refractivity contribution >= 4 is 5.97 Å². The molecule has 0 radical (unpaired) electrons. The number of hydrogen-bond acceptors (Lipinski definition) is 3. The molecule has 0 aromatic carbocycles. The summed E-state index contributed by atoms with van der Waals surface area (Å²) >= 11 is 0. The third kappa shape index (κ3) is 3.26. The summed E-state index contributed by atoms with van der Waals surface area (Å²) < 4.78 is 4.40. The Morgan fingerprint density at radius 2 is 2.18 bits per heavy atom. The van der Waals surface area contributed by atoms with E-state index in [4.69, 9.17) is 6.57 Å². The van der Waals surface area contributed by atoms with Crippen molar-refractivity contribution in [3.63, 3.8) is 0 Å². The van der Waals surface area contributed by atoms with Crippen molar-refractivity contribution < 1.29 is 9.53 Å². The molecule has 0 aliphatic carbocycles. The van der Waals surface area contributed by atoms with Crippen LogP contribution in [0.5, 0.6) is 0 Å². The second-order valence-corrected chi connectivity index (χ2v) is 2.10. The molecular weight excluding hydrogens is 144 g/mol. The predicted molar refractivity (Wildman–Crippen MR) is 42.1 cm³/mol. The third-order valence-corrected chi connectivity index (χ3v) is 0.914. The fourth-order valence-corrected chi connectivity index (χ4v) is 0.488. The first-order chi connectivity index (χ1) is 5.11. The Labute approximate surface area is 65.9 Å². The van der Waals surface area contributed by atoms with Gasteiger partial charge in [0.25, 0.3) is 6.57 Å². The standard InChI is InChI=1S/C7H11N2O2/c1-8-6(5-9(2)3)7(10)11-4/h1,5H,2-4H3/q+1/b6-5-. The lowest BCUT2D eigenvalue weighted by Gasteiger charge is -1.99. The van der Waals surface area contributed by atoms with Crippen LogP contribution in [-0.4, -0.2) is 32.1 Å². The Balaban J connectivity index is 4.43. The minimum absolute atomic E-state index is 0.0949. The van der Waals surface area contributed by atoms with Crippen molar-refractivity contribution in [1.29, 1.82) is 0 Å². The highest BCUT2D eigenvalue weighted by Gasteiger charge is 2.19. The molecule has 11 heavy (non-hydrogen) atoms. The van der Waals surface area contributed by atoms with E-state index in [1.165, 1.54) is 13.3 Å². The third-order valence-electron chi connectivity index (χ3n) is 0.914. The number of rotatable bonds is 2. The number of hydrogen-bond donors (Lipinski definition) is 0. The summed E-state index contributed by atoms with van der Waals surface area (Å²) in [5.74, 6) is -0.541. The van der Waals surface area contributed by atoms with Gasteiger partial charge in [-0.1, -0.05) is 0 Å². The SMILES string of the molecule is C#[N+]/C(=C\N(C)C)C(=O)OC. The molecule has 0 fully saturated rings. The maximum atomic E-state index is 10.8. The van der Waals surface area contributed by atoms with E-state index in [1.807, 2.05) is 0 Å². The van der Waals surface area contributed by atoms with Gasteiger partial charge < -0.3 is 9.64 Å². The molecule has 0 N–H and O–H groups in total. The summed E-state index contributed by atoms with van der Waals surface area (Å²) in [6.45, 7) is 4.93. The molecule has 0 saturated carbocycles. The molecule has 0 aliphatic rings. The normalized spacial score (nSPS) is 10.2. The van der Waals surface area contributed by atoms with Crippen LogP contribution in [0.15, 0.2) is 11.9 Å². The van der Waals surface area contributed by atoms with E-state index in [0.29, 0.717) is 0 Å². The number of nitrogens with zero attached hydrogens (tertiary/aromatic N) is 2. The number of carbonyl (C=O) groups excluding carboxylic acids is 1. The van der Waals surface area contributed by atoms with Gasteiger partial charge in [0, 0.05) is 14.1 Å². The van der Waals surface area contributed by atoms with Gasteiger partial charge in [0.1, 0.15) is 0 Å². The summed E-state index contributed by atoms with van der Waals surface area (Å²) in [7, 11) is 4.79. The molecule has 0 aromatic heterocycles. The van der Waals surface area contributed by atoms with Gasteiger partial charge in [0.15, 0.2) is 0 Å². The van der Waals surface area contributed by atoms with Crippen LogP contribution in [0.3, 0.4) is 0 Å².